The lowest BCUT2D eigenvalue weighted by Crippen LogP contribution is -2.53. The van der Waals surface area contributed by atoms with E-state index in [9.17, 15) is 0 Å². The third kappa shape index (κ3) is 7.39. The van der Waals surface area contributed by atoms with E-state index in [0.717, 1.165) is 49.0 Å². The molecular formula is C19H36N3OS+. The third-order valence-corrected chi connectivity index (χ3v) is 4.53. The van der Waals surface area contributed by atoms with E-state index < -0.39 is 0 Å². The molecule has 138 valence electrons. The quantitative estimate of drug-likeness (QED) is 0.215. The van der Waals surface area contributed by atoms with Crippen LogP contribution in [-0.2, 0) is 4.74 Å². The molecule has 1 rings (SSSR count). The van der Waals surface area contributed by atoms with Gasteiger partial charge in [0.15, 0.2) is 0 Å². The van der Waals surface area contributed by atoms with Crippen molar-refractivity contribution < 1.29 is 9.22 Å². The zero-order chi connectivity index (χ0) is 18.2. The van der Waals surface area contributed by atoms with Crippen LogP contribution >= 0.6 is 12.8 Å². The van der Waals surface area contributed by atoms with E-state index in [1.807, 2.05) is 0 Å². The molecule has 0 aromatic carbocycles. The van der Waals surface area contributed by atoms with Crippen LogP contribution in [0.4, 0.5) is 0 Å². The standard InChI is InChI=1S/C19H35N3OS/c1-6-7-8-9-13-23-18(20)17(21-24)16-11-10-12-22(5,14-16)15-19(2,3)4/h11,20H,6-10,12-15H2,1-5H3/p+1/b20-18?,21-17-. The zero-order valence-corrected chi connectivity index (χ0v) is 17.1. The fourth-order valence-electron chi connectivity index (χ4n) is 3.58. The molecule has 5 heteroatoms. The highest BCUT2D eigenvalue weighted by molar-refractivity contribution is 7.79. The summed E-state index contributed by atoms with van der Waals surface area (Å²) in [6.45, 7) is 12.8. The topological polar surface area (TPSA) is 45.4 Å². The molecule has 0 aromatic rings. The van der Waals surface area contributed by atoms with Gasteiger partial charge in [0.25, 0.3) is 0 Å². The summed E-state index contributed by atoms with van der Waals surface area (Å²) in [6.07, 6.45) is 7.79. The van der Waals surface area contributed by atoms with Crippen LogP contribution in [0.5, 0.6) is 0 Å². The Balaban J connectivity index is 2.65. The number of unbranched alkanes of at least 4 members (excludes halogenated alkanes) is 3. The minimum absolute atomic E-state index is 0.164. The normalized spacial score (nSPS) is 22.2. The van der Waals surface area contributed by atoms with E-state index in [-0.39, 0.29) is 11.3 Å². The lowest BCUT2D eigenvalue weighted by molar-refractivity contribution is -0.911. The smallest absolute Gasteiger partial charge is 0.233 e. The predicted molar refractivity (Wildman–Crippen MR) is 107 cm³/mol. The van der Waals surface area contributed by atoms with Gasteiger partial charge in [0, 0.05) is 17.4 Å². The molecule has 1 atom stereocenters. The maximum absolute atomic E-state index is 8.22. The Morgan fingerprint density at radius 1 is 1.33 bits per heavy atom. The molecule has 4 nitrogen and oxygen atoms in total. The lowest BCUT2D eigenvalue weighted by atomic mass is 9.92. The van der Waals surface area contributed by atoms with Crippen LogP contribution in [0.3, 0.4) is 0 Å². The maximum atomic E-state index is 8.22. The maximum Gasteiger partial charge on any atom is 0.233 e. The predicted octanol–water partition coefficient (Wildman–Crippen LogP) is 4.67. The molecule has 1 N–H and O–H groups in total. The largest absolute Gasteiger partial charge is 0.477 e. The summed E-state index contributed by atoms with van der Waals surface area (Å²) in [6, 6.07) is 0. The highest BCUT2D eigenvalue weighted by atomic mass is 32.1. The molecule has 1 heterocycles. The van der Waals surface area contributed by atoms with Gasteiger partial charge in [-0.15, -0.1) is 0 Å². The number of hydrogen-bond donors (Lipinski definition) is 2. The second kappa shape index (κ2) is 9.62. The van der Waals surface area contributed by atoms with Crippen molar-refractivity contribution in [3.05, 3.63) is 11.6 Å². The van der Waals surface area contributed by atoms with Crippen LogP contribution in [0.25, 0.3) is 0 Å². The summed E-state index contributed by atoms with van der Waals surface area (Å²) in [5.74, 6) is 0.164. The second-order valence-corrected chi connectivity index (χ2v) is 8.62. The molecule has 24 heavy (non-hydrogen) atoms. The van der Waals surface area contributed by atoms with Gasteiger partial charge in [0.05, 0.1) is 26.7 Å². The summed E-state index contributed by atoms with van der Waals surface area (Å²) in [7, 11) is 2.30. The van der Waals surface area contributed by atoms with Crippen LogP contribution in [0.15, 0.2) is 16.0 Å². The highest BCUT2D eigenvalue weighted by Gasteiger charge is 2.33. The second-order valence-electron chi connectivity index (χ2n) is 8.42. The number of nitrogens with one attached hydrogen (secondary N) is 1. The van der Waals surface area contributed by atoms with E-state index in [2.05, 4.69) is 58.0 Å². The average Bonchev–Trinajstić information content (AvgIpc) is 2.45. The van der Waals surface area contributed by atoms with Gasteiger partial charge < -0.3 is 9.22 Å². The number of rotatable bonds is 8. The van der Waals surface area contributed by atoms with Crippen LogP contribution in [-0.4, -0.2) is 49.4 Å². The molecule has 1 unspecified atom stereocenters. The van der Waals surface area contributed by atoms with Crippen molar-refractivity contribution in [3.8, 4) is 0 Å². The number of quaternary nitrogens is 1. The first-order valence-corrected chi connectivity index (χ1v) is 9.57. The average molecular weight is 355 g/mol. The Bertz CT molecular complexity index is 479. The Labute approximate surface area is 154 Å². The molecule has 0 amide bonds. The van der Waals surface area contributed by atoms with E-state index in [0.29, 0.717) is 12.3 Å². The highest BCUT2D eigenvalue weighted by Crippen LogP contribution is 2.25. The fourth-order valence-corrected chi connectivity index (χ4v) is 3.80. The van der Waals surface area contributed by atoms with Crippen molar-refractivity contribution in [2.24, 2.45) is 9.81 Å². The molecule has 1 aliphatic rings. The monoisotopic (exact) mass is 354 g/mol. The Hall–Kier alpha value is -0.810. The molecular weight excluding hydrogens is 318 g/mol. The van der Waals surface area contributed by atoms with Crippen LogP contribution in [0.1, 0.15) is 59.8 Å². The lowest BCUT2D eigenvalue weighted by Gasteiger charge is -2.42. The molecule has 0 aliphatic carbocycles. The van der Waals surface area contributed by atoms with Gasteiger partial charge in [-0.05, 0) is 19.2 Å². The molecule has 0 radical (unpaired) electrons. The summed E-state index contributed by atoms with van der Waals surface area (Å²) < 4.78 is 10.7. The number of likely N-dealkylation sites (N-methyl/N-ethyl adjacent to an activating group) is 1. The van der Waals surface area contributed by atoms with E-state index in [4.69, 9.17) is 10.1 Å². The minimum atomic E-state index is 0.164. The number of hydrogen-bond acceptors (Lipinski definition) is 4. The molecule has 1 aliphatic heterocycles. The van der Waals surface area contributed by atoms with Gasteiger partial charge in [0.2, 0.25) is 5.90 Å². The third-order valence-electron chi connectivity index (χ3n) is 4.33. The summed E-state index contributed by atoms with van der Waals surface area (Å²) in [5, 5.41) is 8.22. The zero-order valence-electron chi connectivity index (χ0n) is 16.2. The summed E-state index contributed by atoms with van der Waals surface area (Å²) >= 11 is 4.11. The Kier molecular flexibility index (Phi) is 8.51. The van der Waals surface area contributed by atoms with Crippen molar-refractivity contribution in [1.82, 2.24) is 0 Å². The number of nitrogens with zero attached hydrogens (tertiary/aromatic N) is 2. The molecule has 0 aromatic heterocycles. The van der Waals surface area contributed by atoms with Gasteiger partial charge in [0.1, 0.15) is 12.3 Å². The van der Waals surface area contributed by atoms with Crippen molar-refractivity contribution in [2.45, 2.75) is 59.8 Å². The SMILES string of the molecule is CCCCCCOC(=N)/C(=N\S)C1=CCC[N+](C)(CC(C)(C)C)C1. The number of ether oxygens (including phenoxy) is 1. The van der Waals surface area contributed by atoms with Crippen LogP contribution in [0, 0.1) is 10.8 Å². The van der Waals surface area contributed by atoms with Gasteiger partial charge >= 0.3 is 0 Å². The van der Waals surface area contributed by atoms with E-state index >= 15 is 0 Å². The van der Waals surface area contributed by atoms with E-state index in [1.54, 1.807) is 0 Å². The first-order valence-electron chi connectivity index (χ1n) is 9.17. The van der Waals surface area contributed by atoms with Gasteiger partial charge in [-0.3, -0.25) is 5.41 Å². The van der Waals surface area contributed by atoms with E-state index in [1.165, 1.54) is 12.8 Å². The van der Waals surface area contributed by atoms with Gasteiger partial charge in [-0.1, -0.05) is 53.0 Å². The van der Waals surface area contributed by atoms with Crippen molar-refractivity contribution >= 4 is 24.4 Å². The first kappa shape index (κ1) is 21.2. The van der Waals surface area contributed by atoms with Crippen molar-refractivity contribution in [2.75, 3.05) is 33.3 Å². The van der Waals surface area contributed by atoms with Crippen molar-refractivity contribution in [3.63, 3.8) is 0 Å². The van der Waals surface area contributed by atoms with Gasteiger partial charge in [-0.25, -0.2) is 4.40 Å². The Morgan fingerprint density at radius 3 is 2.62 bits per heavy atom. The van der Waals surface area contributed by atoms with Crippen molar-refractivity contribution in [1.29, 1.82) is 5.41 Å². The molecule has 0 bridgehead atoms. The minimum Gasteiger partial charge on any atom is -0.477 e. The van der Waals surface area contributed by atoms with Crippen LogP contribution in [0.2, 0.25) is 0 Å². The summed E-state index contributed by atoms with van der Waals surface area (Å²) in [5.41, 5.74) is 1.98. The Morgan fingerprint density at radius 2 is 2.04 bits per heavy atom. The summed E-state index contributed by atoms with van der Waals surface area (Å²) in [4.78, 5) is 0. The molecule has 0 saturated heterocycles. The molecule has 0 spiro atoms. The van der Waals surface area contributed by atoms with Crippen LogP contribution < -0.4 is 0 Å². The number of thiol groups is 1. The molecule has 0 saturated carbocycles. The van der Waals surface area contributed by atoms with Gasteiger partial charge in [-0.2, -0.15) is 0 Å². The first-order chi connectivity index (χ1) is 11.2. The fraction of sp³-hybridized carbons (Fsp3) is 0.789. The molecule has 0 fully saturated rings.